The van der Waals surface area contributed by atoms with Gasteiger partial charge in [0.1, 0.15) is 12.3 Å². The minimum Gasteiger partial charge on any atom is -0.456 e. The highest BCUT2D eigenvalue weighted by molar-refractivity contribution is 5.90. The Morgan fingerprint density at radius 1 is 1.13 bits per heavy atom. The number of esters is 1. The van der Waals surface area contributed by atoms with E-state index in [1.54, 1.807) is 48.5 Å². The van der Waals surface area contributed by atoms with Gasteiger partial charge in [-0.2, -0.15) is 5.26 Å². The predicted octanol–water partition coefficient (Wildman–Crippen LogP) is 2.76. The molecule has 0 bridgehead atoms. The van der Waals surface area contributed by atoms with Crippen molar-refractivity contribution in [3.63, 3.8) is 0 Å². The number of benzene rings is 2. The summed E-state index contributed by atoms with van der Waals surface area (Å²) in [7, 11) is 0. The highest BCUT2D eigenvalue weighted by atomic mass is 16.5. The van der Waals surface area contributed by atoms with Crippen molar-refractivity contribution >= 4 is 16.9 Å². The predicted molar refractivity (Wildman–Crippen MR) is 84.8 cm³/mol. The zero-order valence-electron chi connectivity index (χ0n) is 12.1. The molecule has 2 aromatic carbocycles. The average Bonchev–Trinajstić information content (AvgIpc) is 2.60. The Morgan fingerprint density at radius 2 is 1.96 bits per heavy atom. The van der Waals surface area contributed by atoms with E-state index in [1.165, 1.54) is 6.07 Å². The van der Waals surface area contributed by atoms with Gasteiger partial charge in [0.15, 0.2) is 5.43 Å². The number of aromatic nitrogens is 1. The number of para-hydroxylation sites is 1. The number of ether oxygens (including phenoxy) is 1. The Labute approximate surface area is 131 Å². The maximum atomic E-state index is 12.1. The lowest BCUT2D eigenvalue weighted by atomic mass is 10.1. The largest absolute Gasteiger partial charge is 0.456 e. The highest BCUT2D eigenvalue weighted by Crippen LogP contribution is 2.10. The van der Waals surface area contributed by atoms with Crippen LogP contribution in [0.4, 0.5) is 0 Å². The second kappa shape index (κ2) is 6.16. The van der Waals surface area contributed by atoms with Gasteiger partial charge in [-0.15, -0.1) is 0 Å². The molecule has 3 rings (SSSR count). The molecule has 112 valence electrons. The summed E-state index contributed by atoms with van der Waals surface area (Å²) in [6.45, 7) is 0.0310. The normalized spacial score (nSPS) is 10.2. The Bertz CT molecular complexity index is 983. The first-order chi connectivity index (χ1) is 11.2. The Hall–Kier alpha value is -3.39. The van der Waals surface area contributed by atoms with Crippen LogP contribution in [0.2, 0.25) is 0 Å². The molecule has 1 heterocycles. The summed E-state index contributed by atoms with van der Waals surface area (Å²) < 4.78 is 5.20. The number of carbonyl (C=O) groups excluding carboxylic acids is 1. The molecular weight excluding hydrogens is 292 g/mol. The number of aromatic amines is 1. The summed E-state index contributed by atoms with van der Waals surface area (Å²) in [6, 6.07) is 17.0. The van der Waals surface area contributed by atoms with E-state index in [1.807, 2.05) is 6.07 Å². The third-order valence-corrected chi connectivity index (χ3v) is 3.38. The van der Waals surface area contributed by atoms with Crippen LogP contribution in [0, 0.1) is 11.3 Å². The van der Waals surface area contributed by atoms with Crippen LogP contribution in [0.1, 0.15) is 21.6 Å². The molecule has 1 aromatic heterocycles. The molecular formula is C18H12N2O3. The molecule has 0 atom stereocenters. The van der Waals surface area contributed by atoms with Crippen molar-refractivity contribution in [2.75, 3.05) is 0 Å². The molecule has 0 saturated carbocycles. The fraction of sp³-hybridized carbons (Fsp3) is 0.0556. The fourth-order valence-corrected chi connectivity index (χ4v) is 2.26. The van der Waals surface area contributed by atoms with Crippen LogP contribution in [0.5, 0.6) is 0 Å². The van der Waals surface area contributed by atoms with Gasteiger partial charge >= 0.3 is 5.97 Å². The zero-order valence-corrected chi connectivity index (χ0v) is 12.1. The van der Waals surface area contributed by atoms with Crippen molar-refractivity contribution < 1.29 is 9.53 Å². The highest BCUT2D eigenvalue weighted by Gasteiger charge is 2.11. The van der Waals surface area contributed by atoms with E-state index in [0.29, 0.717) is 22.0 Å². The Balaban J connectivity index is 1.81. The van der Waals surface area contributed by atoms with E-state index < -0.39 is 5.97 Å². The van der Waals surface area contributed by atoms with E-state index in [2.05, 4.69) is 4.98 Å². The van der Waals surface area contributed by atoms with Crippen molar-refractivity contribution in [3.05, 3.63) is 81.6 Å². The molecule has 0 aliphatic heterocycles. The number of H-pyrrole nitrogens is 1. The third kappa shape index (κ3) is 3.11. The summed E-state index contributed by atoms with van der Waals surface area (Å²) in [5.74, 6) is -0.616. The number of fused-ring (bicyclic) bond motifs is 1. The topological polar surface area (TPSA) is 82.9 Å². The van der Waals surface area contributed by atoms with Crippen LogP contribution in [0.25, 0.3) is 10.9 Å². The van der Waals surface area contributed by atoms with Crippen molar-refractivity contribution in [2.24, 2.45) is 0 Å². The summed E-state index contributed by atoms with van der Waals surface area (Å²) in [5.41, 5.74) is 1.65. The van der Waals surface area contributed by atoms with Crippen LogP contribution in [0.15, 0.2) is 59.4 Å². The van der Waals surface area contributed by atoms with Gasteiger partial charge in [0.25, 0.3) is 0 Å². The monoisotopic (exact) mass is 304 g/mol. The lowest BCUT2D eigenvalue weighted by molar-refractivity contribution is 0.0466. The molecule has 0 aliphatic carbocycles. The van der Waals surface area contributed by atoms with E-state index in [4.69, 9.17) is 10.00 Å². The smallest absolute Gasteiger partial charge is 0.355 e. The number of pyridine rings is 1. The van der Waals surface area contributed by atoms with Gasteiger partial charge in [-0.3, -0.25) is 4.79 Å². The molecule has 0 spiro atoms. The molecule has 1 N–H and O–H groups in total. The van der Waals surface area contributed by atoms with Gasteiger partial charge in [0, 0.05) is 17.0 Å². The maximum absolute atomic E-state index is 12.1. The summed E-state index contributed by atoms with van der Waals surface area (Å²) in [4.78, 5) is 27.0. The second-order valence-electron chi connectivity index (χ2n) is 4.98. The molecule has 0 saturated heterocycles. The molecule has 5 nitrogen and oxygen atoms in total. The lowest BCUT2D eigenvalue weighted by Gasteiger charge is -2.06. The SMILES string of the molecule is N#Cc1cccc(COC(=O)c2cc(=O)c3ccccc3[nH]2)c1. The second-order valence-corrected chi connectivity index (χ2v) is 4.98. The molecule has 0 fully saturated rings. The number of hydrogen-bond acceptors (Lipinski definition) is 4. The number of hydrogen-bond donors (Lipinski definition) is 1. The van der Waals surface area contributed by atoms with Crippen molar-refractivity contribution in [3.8, 4) is 6.07 Å². The Kier molecular flexibility index (Phi) is 3.89. The molecule has 23 heavy (non-hydrogen) atoms. The van der Waals surface area contributed by atoms with E-state index in [9.17, 15) is 9.59 Å². The number of rotatable bonds is 3. The summed E-state index contributed by atoms with van der Waals surface area (Å²) >= 11 is 0. The van der Waals surface area contributed by atoms with Gasteiger partial charge in [-0.05, 0) is 29.8 Å². The minimum atomic E-state index is -0.616. The Morgan fingerprint density at radius 3 is 2.78 bits per heavy atom. The number of nitrogens with zero attached hydrogens (tertiary/aromatic N) is 1. The maximum Gasteiger partial charge on any atom is 0.355 e. The van der Waals surface area contributed by atoms with Crippen LogP contribution < -0.4 is 5.43 Å². The van der Waals surface area contributed by atoms with Crippen LogP contribution in [-0.2, 0) is 11.3 Å². The molecule has 0 amide bonds. The number of nitriles is 1. The van der Waals surface area contributed by atoms with Crippen LogP contribution in [-0.4, -0.2) is 11.0 Å². The van der Waals surface area contributed by atoms with Crippen molar-refractivity contribution in [1.29, 1.82) is 5.26 Å². The minimum absolute atomic E-state index is 0.0310. The first-order valence-electron chi connectivity index (χ1n) is 6.95. The average molecular weight is 304 g/mol. The molecule has 0 radical (unpaired) electrons. The van der Waals surface area contributed by atoms with Crippen molar-refractivity contribution in [2.45, 2.75) is 6.61 Å². The zero-order chi connectivity index (χ0) is 16.2. The first kappa shape index (κ1) is 14.5. The van der Waals surface area contributed by atoms with Gasteiger partial charge < -0.3 is 9.72 Å². The lowest BCUT2D eigenvalue weighted by Crippen LogP contribution is -2.12. The molecule has 0 aliphatic rings. The van der Waals surface area contributed by atoms with Gasteiger partial charge in [-0.25, -0.2) is 4.79 Å². The molecule has 5 heteroatoms. The molecule has 3 aromatic rings. The standard InChI is InChI=1S/C18H12N2O3/c19-10-12-4-3-5-13(8-12)11-23-18(22)16-9-17(21)14-6-1-2-7-15(14)20-16/h1-9H,11H2,(H,20,21). The number of carbonyl (C=O) groups is 1. The molecule has 0 unspecified atom stereocenters. The van der Waals surface area contributed by atoms with Crippen molar-refractivity contribution in [1.82, 2.24) is 4.98 Å². The summed E-state index contributed by atoms with van der Waals surface area (Å²) in [5, 5.41) is 9.37. The van der Waals surface area contributed by atoms with Crippen LogP contribution in [0.3, 0.4) is 0 Å². The third-order valence-electron chi connectivity index (χ3n) is 3.38. The summed E-state index contributed by atoms with van der Waals surface area (Å²) in [6.07, 6.45) is 0. The fourth-order valence-electron chi connectivity index (χ4n) is 2.26. The number of nitrogens with one attached hydrogen (secondary N) is 1. The van der Waals surface area contributed by atoms with Gasteiger partial charge in [0.05, 0.1) is 11.6 Å². The quantitative estimate of drug-likeness (QED) is 0.754. The van der Waals surface area contributed by atoms with E-state index in [-0.39, 0.29) is 17.7 Å². The van der Waals surface area contributed by atoms with Gasteiger partial charge in [0.2, 0.25) is 0 Å². The van der Waals surface area contributed by atoms with Crippen LogP contribution >= 0.6 is 0 Å². The van der Waals surface area contributed by atoms with E-state index in [0.717, 1.165) is 0 Å². The van der Waals surface area contributed by atoms with Gasteiger partial charge in [-0.1, -0.05) is 24.3 Å². The first-order valence-corrected chi connectivity index (χ1v) is 6.95. The van der Waals surface area contributed by atoms with E-state index >= 15 is 0 Å².